The smallest absolute Gasteiger partial charge is 0.246 e. The minimum atomic E-state index is -0.273. The first-order valence-electron chi connectivity index (χ1n) is 7.94. The van der Waals surface area contributed by atoms with Crippen LogP contribution in [-0.2, 0) is 9.59 Å². The lowest BCUT2D eigenvalue weighted by molar-refractivity contribution is -0.144. The molecule has 0 aromatic rings. The molecule has 3 unspecified atom stereocenters. The molecule has 0 spiro atoms. The maximum absolute atomic E-state index is 12.9. The number of hydrogen-bond donors (Lipinski definition) is 1. The summed E-state index contributed by atoms with van der Waals surface area (Å²) in [6, 6.07) is -0.0241. The molecule has 3 saturated heterocycles. The first-order valence-corrected chi connectivity index (χ1v) is 8.93. The van der Waals surface area contributed by atoms with E-state index < -0.39 is 0 Å². The Kier molecular flexibility index (Phi) is 4.19. The maximum Gasteiger partial charge on any atom is 0.246 e. The molecule has 21 heavy (non-hydrogen) atoms. The normalized spacial score (nSPS) is 35.6. The van der Waals surface area contributed by atoms with Gasteiger partial charge in [0.1, 0.15) is 6.04 Å². The second kappa shape index (κ2) is 5.80. The van der Waals surface area contributed by atoms with Gasteiger partial charge in [0, 0.05) is 31.4 Å². The largest absolute Gasteiger partial charge is 0.396 e. The number of likely N-dealkylation sites (tertiary alicyclic amines) is 1. The maximum atomic E-state index is 12.9. The minimum Gasteiger partial charge on any atom is -0.396 e. The molecule has 1 N–H and O–H groups in total. The molecule has 5 nitrogen and oxygen atoms in total. The minimum absolute atomic E-state index is 0.127. The van der Waals surface area contributed by atoms with Crippen molar-refractivity contribution in [2.24, 2.45) is 0 Å². The third kappa shape index (κ3) is 2.57. The van der Waals surface area contributed by atoms with Crippen LogP contribution < -0.4 is 0 Å². The predicted molar refractivity (Wildman–Crippen MR) is 81.8 cm³/mol. The molecule has 118 valence electrons. The van der Waals surface area contributed by atoms with Crippen molar-refractivity contribution in [3.05, 3.63) is 0 Å². The summed E-state index contributed by atoms with van der Waals surface area (Å²) in [5.41, 5.74) is 0. The quantitative estimate of drug-likeness (QED) is 0.847. The van der Waals surface area contributed by atoms with Gasteiger partial charge in [0.15, 0.2) is 0 Å². The Morgan fingerprint density at radius 1 is 1.52 bits per heavy atom. The number of thioether (sulfide) groups is 1. The number of amides is 2. The number of aliphatic hydroxyl groups is 1. The van der Waals surface area contributed by atoms with E-state index in [1.54, 1.807) is 11.8 Å². The average molecular weight is 312 g/mol. The van der Waals surface area contributed by atoms with Crippen LogP contribution in [0.2, 0.25) is 0 Å². The molecule has 2 amide bonds. The van der Waals surface area contributed by atoms with Crippen molar-refractivity contribution in [2.45, 2.75) is 62.4 Å². The summed E-state index contributed by atoms with van der Waals surface area (Å²) in [6.45, 7) is 3.07. The van der Waals surface area contributed by atoms with Crippen molar-refractivity contribution in [1.29, 1.82) is 0 Å². The number of hydrogen-bond acceptors (Lipinski definition) is 4. The van der Waals surface area contributed by atoms with Gasteiger partial charge in [-0.3, -0.25) is 9.59 Å². The molecular weight excluding hydrogens is 288 g/mol. The number of carbonyl (C=O) groups excluding carboxylic acids is 2. The van der Waals surface area contributed by atoms with Crippen LogP contribution in [0.5, 0.6) is 0 Å². The van der Waals surface area contributed by atoms with Gasteiger partial charge in [-0.2, -0.15) is 0 Å². The van der Waals surface area contributed by atoms with E-state index in [2.05, 4.69) is 6.92 Å². The molecule has 3 rings (SSSR count). The van der Waals surface area contributed by atoms with Crippen LogP contribution in [0.25, 0.3) is 0 Å². The van der Waals surface area contributed by atoms with E-state index in [-0.39, 0.29) is 35.4 Å². The average Bonchev–Trinajstić information content (AvgIpc) is 3.12. The third-order valence-corrected chi connectivity index (χ3v) is 6.59. The van der Waals surface area contributed by atoms with Gasteiger partial charge < -0.3 is 14.9 Å². The molecule has 3 heterocycles. The number of aliphatic hydroxyl groups excluding tert-OH is 1. The Labute approximate surface area is 130 Å². The molecule has 0 aromatic carbocycles. The summed E-state index contributed by atoms with van der Waals surface area (Å²) < 4.78 is 0. The fourth-order valence-corrected chi connectivity index (χ4v) is 5.37. The van der Waals surface area contributed by atoms with Crippen molar-refractivity contribution in [3.63, 3.8) is 0 Å². The Morgan fingerprint density at radius 3 is 3.10 bits per heavy atom. The molecule has 3 aliphatic rings. The second-order valence-electron chi connectivity index (χ2n) is 6.46. The number of nitrogens with zero attached hydrogens (tertiary/aromatic N) is 2. The highest BCUT2D eigenvalue weighted by molar-refractivity contribution is 8.01. The van der Waals surface area contributed by atoms with Gasteiger partial charge >= 0.3 is 0 Å². The highest BCUT2D eigenvalue weighted by Crippen LogP contribution is 2.47. The fourth-order valence-electron chi connectivity index (χ4n) is 3.95. The molecule has 0 aromatic heterocycles. The fraction of sp³-hybridized carbons (Fsp3) is 0.867. The molecule has 3 aliphatic heterocycles. The monoisotopic (exact) mass is 312 g/mol. The van der Waals surface area contributed by atoms with Crippen molar-refractivity contribution in [3.8, 4) is 0 Å². The molecule has 3 fully saturated rings. The Bertz CT molecular complexity index is 445. The van der Waals surface area contributed by atoms with Gasteiger partial charge in [0.05, 0.1) is 4.87 Å². The standard InChI is InChI=1S/C15H24N2O3S/c1-15-7-6-13(19)17(15)12(10-21-15)14(20)16-8-2-4-11(16)5-3-9-18/h11-12,18H,2-10H2,1H3. The summed E-state index contributed by atoms with van der Waals surface area (Å²) in [5, 5.41) is 9.00. The third-order valence-electron chi connectivity index (χ3n) is 5.09. The molecule has 6 heteroatoms. The lowest BCUT2D eigenvalue weighted by Crippen LogP contribution is -2.52. The van der Waals surface area contributed by atoms with Gasteiger partial charge in [-0.1, -0.05) is 0 Å². The SMILES string of the molecule is CC12CCC(=O)N1C(C(=O)N1CCCC1CCCO)CS2. The van der Waals surface area contributed by atoms with Gasteiger partial charge in [-0.25, -0.2) is 0 Å². The van der Waals surface area contributed by atoms with Crippen LogP contribution in [0, 0.1) is 0 Å². The lowest BCUT2D eigenvalue weighted by Gasteiger charge is -2.33. The number of carbonyl (C=O) groups is 2. The van der Waals surface area contributed by atoms with E-state index >= 15 is 0 Å². The van der Waals surface area contributed by atoms with E-state index in [4.69, 9.17) is 5.11 Å². The van der Waals surface area contributed by atoms with E-state index in [0.29, 0.717) is 6.42 Å². The Hall–Kier alpha value is -0.750. The Balaban J connectivity index is 1.71. The lowest BCUT2D eigenvalue weighted by atomic mass is 10.1. The van der Waals surface area contributed by atoms with E-state index in [0.717, 1.165) is 44.4 Å². The van der Waals surface area contributed by atoms with Crippen LogP contribution in [0.4, 0.5) is 0 Å². The highest BCUT2D eigenvalue weighted by Gasteiger charge is 2.54. The van der Waals surface area contributed by atoms with E-state index in [1.165, 1.54) is 0 Å². The summed E-state index contributed by atoms with van der Waals surface area (Å²) >= 11 is 1.75. The molecule has 0 radical (unpaired) electrons. The van der Waals surface area contributed by atoms with Crippen molar-refractivity contribution in [2.75, 3.05) is 18.9 Å². The summed E-state index contributed by atoms with van der Waals surface area (Å²) in [6.07, 6.45) is 5.10. The zero-order chi connectivity index (χ0) is 15.0. The van der Waals surface area contributed by atoms with Crippen molar-refractivity contribution >= 4 is 23.6 Å². The second-order valence-corrected chi connectivity index (χ2v) is 7.96. The van der Waals surface area contributed by atoms with Crippen LogP contribution in [0.1, 0.15) is 45.4 Å². The van der Waals surface area contributed by atoms with E-state index in [1.807, 2.05) is 9.80 Å². The zero-order valence-electron chi connectivity index (χ0n) is 12.6. The molecule has 0 bridgehead atoms. The highest BCUT2D eigenvalue weighted by atomic mass is 32.2. The van der Waals surface area contributed by atoms with Crippen LogP contribution in [-0.4, -0.2) is 62.6 Å². The van der Waals surface area contributed by atoms with Crippen molar-refractivity contribution in [1.82, 2.24) is 9.80 Å². The van der Waals surface area contributed by atoms with Crippen molar-refractivity contribution < 1.29 is 14.7 Å². The van der Waals surface area contributed by atoms with Gasteiger partial charge in [0.2, 0.25) is 11.8 Å². The summed E-state index contributed by atoms with van der Waals surface area (Å²) in [4.78, 5) is 28.7. The van der Waals surface area contributed by atoms with Crippen LogP contribution >= 0.6 is 11.8 Å². The van der Waals surface area contributed by atoms with Gasteiger partial charge in [-0.15, -0.1) is 11.8 Å². The van der Waals surface area contributed by atoms with E-state index in [9.17, 15) is 9.59 Å². The van der Waals surface area contributed by atoms with Crippen LogP contribution in [0.15, 0.2) is 0 Å². The number of fused-ring (bicyclic) bond motifs is 1. The molecule has 0 aliphatic carbocycles. The topological polar surface area (TPSA) is 60.9 Å². The van der Waals surface area contributed by atoms with Gasteiger partial charge in [-0.05, 0) is 39.0 Å². The predicted octanol–water partition coefficient (Wildman–Crippen LogP) is 1.20. The zero-order valence-corrected chi connectivity index (χ0v) is 13.4. The summed E-state index contributed by atoms with van der Waals surface area (Å²) in [7, 11) is 0. The first kappa shape index (κ1) is 15.2. The molecule has 3 atom stereocenters. The van der Waals surface area contributed by atoms with Crippen LogP contribution in [0.3, 0.4) is 0 Å². The summed E-state index contributed by atoms with van der Waals surface area (Å²) in [5.74, 6) is 0.985. The number of rotatable bonds is 4. The Morgan fingerprint density at radius 2 is 2.33 bits per heavy atom. The molecular formula is C15H24N2O3S. The first-order chi connectivity index (χ1) is 10.1. The molecule has 0 saturated carbocycles. The van der Waals surface area contributed by atoms with Gasteiger partial charge in [0.25, 0.3) is 0 Å².